The number of hydrogen-bond donors (Lipinski definition) is 0. The lowest BCUT2D eigenvalue weighted by molar-refractivity contribution is -0.384. The van der Waals surface area contributed by atoms with E-state index in [1.54, 1.807) is 0 Å². The van der Waals surface area contributed by atoms with Gasteiger partial charge in [0.15, 0.2) is 5.78 Å². The van der Waals surface area contributed by atoms with E-state index in [-0.39, 0.29) is 39.7 Å². The van der Waals surface area contributed by atoms with Crippen LogP contribution in [0.15, 0.2) is 42.5 Å². The molecule has 1 aliphatic rings. The Labute approximate surface area is 179 Å². The largest absolute Gasteiger partial charge is 0.292 e. The minimum Gasteiger partial charge on any atom is -0.292 e. The average Bonchev–Trinajstić information content (AvgIpc) is 3.03. The third-order valence-electron chi connectivity index (χ3n) is 4.36. The average molecular weight is 450 g/mol. The summed E-state index contributed by atoms with van der Waals surface area (Å²) in [5, 5.41) is 12.4. The summed E-state index contributed by atoms with van der Waals surface area (Å²) in [4.78, 5) is 60.4. The Morgan fingerprint density at radius 1 is 1.03 bits per heavy atom. The molecule has 1 aliphatic heterocycles. The highest BCUT2D eigenvalue weighted by molar-refractivity contribution is 6.36. The van der Waals surface area contributed by atoms with Crippen molar-refractivity contribution in [2.75, 3.05) is 6.54 Å². The predicted molar refractivity (Wildman–Crippen MR) is 106 cm³/mol. The molecule has 9 nitrogen and oxygen atoms in total. The first kappa shape index (κ1) is 21.4. The predicted octanol–water partition coefficient (Wildman–Crippen LogP) is 3.29. The van der Waals surface area contributed by atoms with Crippen LogP contribution in [0, 0.1) is 10.1 Å². The summed E-state index contributed by atoms with van der Waals surface area (Å²) in [6.07, 6.45) is -0.189. The van der Waals surface area contributed by atoms with Crippen LogP contribution in [0.5, 0.6) is 0 Å². The van der Waals surface area contributed by atoms with Gasteiger partial charge in [-0.2, -0.15) is 5.01 Å². The summed E-state index contributed by atoms with van der Waals surface area (Å²) < 4.78 is 0. The Bertz CT molecular complexity index is 1050. The molecule has 1 heterocycles. The second-order valence-corrected chi connectivity index (χ2v) is 7.16. The van der Waals surface area contributed by atoms with Crippen LogP contribution in [0.25, 0.3) is 0 Å². The molecule has 0 aliphatic carbocycles. The van der Waals surface area contributed by atoms with Crippen molar-refractivity contribution >= 4 is 52.4 Å². The van der Waals surface area contributed by atoms with Gasteiger partial charge in [-0.05, 0) is 30.3 Å². The Balaban J connectivity index is 1.94. The molecule has 0 bridgehead atoms. The Morgan fingerprint density at radius 3 is 2.17 bits per heavy atom. The summed E-state index contributed by atoms with van der Waals surface area (Å²) in [5.74, 6) is -2.73. The molecule has 154 valence electrons. The number of hydrogen-bond acceptors (Lipinski definition) is 6. The highest BCUT2D eigenvalue weighted by Gasteiger charge is 2.38. The highest BCUT2D eigenvalue weighted by Crippen LogP contribution is 2.25. The topological polar surface area (TPSA) is 118 Å². The number of ketones is 1. The van der Waals surface area contributed by atoms with E-state index in [2.05, 4.69) is 0 Å². The molecule has 0 atom stereocenters. The molecule has 2 aromatic carbocycles. The number of hydrazine groups is 1. The van der Waals surface area contributed by atoms with Gasteiger partial charge < -0.3 is 0 Å². The van der Waals surface area contributed by atoms with Crippen LogP contribution in [-0.4, -0.2) is 45.0 Å². The van der Waals surface area contributed by atoms with E-state index in [0.717, 1.165) is 17.1 Å². The lowest BCUT2D eigenvalue weighted by Gasteiger charge is -2.29. The molecule has 0 saturated carbocycles. The normalized spacial score (nSPS) is 13.5. The monoisotopic (exact) mass is 449 g/mol. The van der Waals surface area contributed by atoms with Gasteiger partial charge in [0.25, 0.3) is 11.6 Å². The third-order valence-corrected chi connectivity index (χ3v) is 4.90. The van der Waals surface area contributed by atoms with Gasteiger partial charge in [-0.3, -0.25) is 29.3 Å². The Kier molecular flexibility index (Phi) is 6.14. The first-order valence-corrected chi connectivity index (χ1v) is 9.35. The fourth-order valence-electron chi connectivity index (χ4n) is 2.87. The number of carbonyl (C=O) groups excluding carboxylic acids is 4. The molecule has 3 amide bonds. The molecule has 30 heavy (non-hydrogen) atoms. The zero-order valence-corrected chi connectivity index (χ0v) is 16.7. The number of benzene rings is 2. The van der Waals surface area contributed by atoms with Gasteiger partial charge in [0, 0.05) is 35.6 Å². The van der Waals surface area contributed by atoms with E-state index in [0.29, 0.717) is 5.01 Å². The van der Waals surface area contributed by atoms with Crippen molar-refractivity contribution in [2.24, 2.45) is 0 Å². The molecular weight excluding hydrogens is 437 g/mol. The van der Waals surface area contributed by atoms with Crippen LogP contribution in [0.3, 0.4) is 0 Å². The van der Waals surface area contributed by atoms with Crippen molar-refractivity contribution < 1.29 is 24.1 Å². The molecule has 2 aromatic rings. The lowest BCUT2D eigenvalue weighted by Crippen LogP contribution is -2.51. The molecule has 11 heteroatoms. The second kappa shape index (κ2) is 8.60. The van der Waals surface area contributed by atoms with Gasteiger partial charge in [-0.25, -0.2) is 5.01 Å². The number of carbonyl (C=O) groups is 4. The van der Waals surface area contributed by atoms with Crippen molar-refractivity contribution in [3.8, 4) is 0 Å². The first-order chi connectivity index (χ1) is 14.2. The van der Waals surface area contributed by atoms with E-state index in [9.17, 15) is 29.3 Å². The highest BCUT2D eigenvalue weighted by atomic mass is 35.5. The van der Waals surface area contributed by atoms with Gasteiger partial charge in [-0.1, -0.05) is 23.2 Å². The number of Topliss-reactive ketones (excluding diaryl/α,β-unsaturated/α-hetero) is 1. The lowest BCUT2D eigenvalue weighted by atomic mass is 10.1. The van der Waals surface area contributed by atoms with Gasteiger partial charge in [0.1, 0.15) is 6.54 Å². The minimum absolute atomic E-state index is 0.0145. The van der Waals surface area contributed by atoms with Crippen LogP contribution in [-0.2, 0) is 9.59 Å². The first-order valence-electron chi connectivity index (χ1n) is 8.59. The van der Waals surface area contributed by atoms with Crippen molar-refractivity contribution in [1.82, 2.24) is 10.0 Å². The SMILES string of the molecule is O=C(CN(C(=O)c1ccc(Cl)cc1Cl)N1C(=O)CCC1=O)c1ccc([N+](=O)[O-])cc1. The van der Waals surface area contributed by atoms with Gasteiger partial charge in [0.05, 0.1) is 15.5 Å². The number of halogens is 2. The number of nitro benzene ring substituents is 1. The molecule has 0 spiro atoms. The number of non-ortho nitro benzene ring substituents is 1. The van der Waals surface area contributed by atoms with Gasteiger partial charge in [0.2, 0.25) is 11.8 Å². The van der Waals surface area contributed by atoms with Gasteiger partial charge in [-0.15, -0.1) is 0 Å². The molecule has 0 N–H and O–H groups in total. The zero-order valence-electron chi connectivity index (χ0n) is 15.2. The van der Waals surface area contributed by atoms with Crippen molar-refractivity contribution in [2.45, 2.75) is 12.8 Å². The minimum atomic E-state index is -0.837. The molecule has 1 saturated heterocycles. The van der Waals surface area contributed by atoms with Crippen molar-refractivity contribution in [3.05, 3.63) is 73.8 Å². The van der Waals surface area contributed by atoms with Gasteiger partial charge >= 0.3 is 0 Å². The van der Waals surface area contributed by atoms with Crippen LogP contribution >= 0.6 is 23.2 Å². The maximum absolute atomic E-state index is 13.1. The standard InChI is InChI=1S/C19H13Cl2N3O6/c20-12-3-6-14(15(21)9-12)19(28)22(23-17(26)7-8-18(23)27)10-16(25)11-1-4-13(5-2-11)24(29)30/h1-6,9H,7-8,10H2. The summed E-state index contributed by atoms with van der Waals surface area (Å²) >= 11 is 11.9. The maximum Gasteiger partial charge on any atom is 0.274 e. The van der Waals surface area contributed by atoms with Crippen molar-refractivity contribution in [1.29, 1.82) is 0 Å². The summed E-state index contributed by atoms with van der Waals surface area (Å²) in [6.45, 7) is -0.646. The summed E-state index contributed by atoms with van der Waals surface area (Å²) in [6, 6.07) is 8.79. The van der Waals surface area contributed by atoms with Crippen LogP contribution in [0.2, 0.25) is 10.0 Å². The number of amides is 3. The maximum atomic E-state index is 13.1. The molecule has 0 unspecified atom stereocenters. The van der Waals surface area contributed by atoms with Crippen LogP contribution in [0.4, 0.5) is 5.69 Å². The van der Waals surface area contributed by atoms with Crippen LogP contribution in [0.1, 0.15) is 33.6 Å². The summed E-state index contributed by atoms with van der Waals surface area (Å²) in [7, 11) is 0. The molecule has 3 rings (SSSR count). The Morgan fingerprint density at radius 2 is 1.63 bits per heavy atom. The zero-order chi connectivity index (χ0) is 22.0. The quantitative estimate of drug-likeness (QED) is 0.289. The van der Waals surface area contributed by atoms with E-state index in [1.165, 1.54) is 30.3 Å². The summed E-state index contributed by atoms with van der Waals surface area (Å²) in [5.41, 5.74) is -0.193. The third kappa shape index (κ3) is 4.32. The van der Waals surface area contributed by atoms with E-state index in [1.807, 2.05) is 0 Å². The Hall–Kier alpha value is -3.30. The molecular formula is C19H13Cl2N3O6. The number of imide groups is 1. The fourth-order valence-corrected chi connectivity index (χ4v) is 3.36. The van der Waals surface area contributed by atoms with E-state index < -0.39 is 35.0 Å². The molecule has 0 aromatic heterocycles. The smallest absolute Gasteiger partial charge is 0.274 e. The van der Waals surface area contributed by atoms with Crippen LogP contribution < -0.4 is 0 Å². The van der Waals surface area contributed by atoms with Crippen molar-refractivity contribution in [3.63, 3.8) is 0 Å². The fraction of sp³-hybridized carbons (Fsp3) is 0.158. The number of nitrogens with zero attached hydrogens (tertiary/aromatic N) is 3. The molecule has 1 fully saturated rings. The molecule has 0 radical (unpaired) electrons. The number of nitro groups is 1. The van der Waals surface area contributed by atoms with E-state index in [4.69, 9.17) is 23.2 Å². The van der Waals surface area contributed by atoms with E-state index >= 15 is 0 Å². The number of rotatable bonds is 6. The second-order valence-electron chi connectivity index (χ2n) is 6.31.